The average Bonchev–Trinajstić information content (AvgIpc) is 3.65. The van der Waals surface area contributed by atoms with Crippen LogP contribution < -0.4 is 9.47 Å². The lowest BCUT2D eigenvalue weighted by Gasteiger charge is -2.31. The van der Waals surface area contributed by atoms with Crippen LogP contribution in [0.3, 0.4) is 0 Å². The summed E-state index contributed by atoms with van der Waals surface area (Å²) in [6.45, 7) is 1.87. The van der Waals surface area contributed by atoms with Gasteiger partial charge in [-0.1, -0.05) is 24.3 Å². The molecule has 1 aliphatic rings. The van der Waals surface area contributed by atoms with E-state index in [0.717, 1.165) is 13.1 Å². The fourth-order valence-corrected chi connectivity index (χ4v) is 6.87. The maximum atomic E-state index is 13.0. The molecule has 1 fully saturated rings. The lowest BCUT2D eigenvalue weighted by Crippen LogP contribution is -2.36. The van der Waals surface area contributed by atoms with Crippen LogP contribution in [0.25, 0.3) is 0 Å². The molecule has 3 rings (SSSR count). The van der Waals surface area contributed by atoms with Crippen LogP contribution in [0.15, 0.2) is 48.5 Å². The SMILES string of the molecule is CS(=O)C(c1ccc(OCC(O)CO)cc1)(c1ccc(OCC(CO)N2CC2)cc1)S(C)=O. The first-order valence-corrected chi connectivity index (χ1v) is 13.7. The van der Waals surface area contributed by atoms with Gasteiger partial charge >= 0.3 is 0 Å². The van der Waals surface area contributed by atoms with E-state index in [1.54, 1.807) is 48.5 Å². The van der Waals surface area contributed by atoms with Crippen LogP contribution in [-0.2, 0) is 25.7 Å². The Kier molecular flexibility index (Phi) is 9.02. The normalized spacial score (nSPS) is 19.2. The van der Waals surface area contributed by atoms with E-state index in [2.05, 4.69) is 4.90 Å². The number of nitrogens with zero attached hydrogens (tertiary/aromatic N) is 1. The molecule has 33 heavy (non-hydrogen) atoms. The Balaban J connectivity index is 1.83. The van der Waals surface area contributed by atoms with E-state index < -0.39 is 38.4 Å². The van der Waals surface area contributed by atoms with Gasteiger partial charge in [-0.15, -0.1) is 0 Å². The Hall–Kier alpha value is -1.82. The first kappa shape index (κ1) is 25.8. The van der Waals surface area contributed by atoms with E-state index in [9.17, 15) is 18.6 Å². The van der Waals surface area contributed by atoms with Crippen molar-refractivity contribution in [2.75, 3.05) is 52.0 Å². The third-order valence-electron chi connectivity index (χ3n) is 5.58. The van der Waals surface area contributed by atoms with Gasteiger partial charge in [-0.3, -0.25) is 13.3 Å². The van der Waals surface area contributed by atoms with Gasteiger partial charge in [0.2, 0.25) is 0 Å². The van der Waals surface area contributed by atoms with E-state index in [4.69, 9.17) is 14.6 Å². The van der Waals surface area contributed by atoms with E-state index >= 15 is 0 Å². The molecule has 3 N–H and O–H groups in total. The quantitative estimate of drug-likeness (QED) is 0.341. The standard InChI is InChI=1S/C23H31NO7S2/c1-32(28)23(33(2)29,18-5-9-22(10-6-18)31-16-20(27)14-26)17-3-7-21(8-4-17)30-15-19(13-25)24-11-12-24/h3-10,19-20,25-27H,11-16H2,1-2H3. The van der Waals surface area contributed by atoms with Crippen molar-refractivity contribution in [1.29, 1.82) is 0 Å². The number of aliphatic hydroxyl groups is 3. The van der Waals surface area contributed by atoms with Crippen LogP contribution in [0.2, 0.25) is 0 Å². The molecule has 4 atom stereocenters. The zero-order valence-corrected chi connectivity index (χ0v) is 20.4. The van der Waals surface area contributed by atoms with Gasteiger partial charge in [0.15, 0.2) is 4.08 Å². The molecule has 1 aliphatic heterocycles. The summed E-state index contributed by atoms with van der Waals surface area (Å²) in [7, 11) is -3.05. The molecule has 0 spiro atoms. The number of hydrogen-bond acceptors (Lipinski definition) is 8. The highest BCUT2D eigenvalue weighted by Crippen LogP contribution is 2.39. The maximum Gasteiger partial charge on any atom is 0.170 e. The van der Waals surface area contributed by atoms with Gasteiger partial charge in [0, 0.05) is 47.2 Å². The number of hydrogen-bond donors (Lipinski definition) is 3. The molecule has 2 aromatic rings. The highest BCUT2D eigenvalue weighted by Gasteiger charge is 2.43. The van der Waals surface area contributed by atoms with Gasteiger partial charge in [-0.25, -0.2) is 0 Å². The minimum absolute atomic E-state index is 0.0312. The summed E-state index contributed by atoms with van der Waals surface area (Å²) in [5, 5.41) is 27.8. The lowest BCUT2D eigenvalue weighted by molar-refractivity contribution is 0.0536. The molecule has 1 saturated heterocycles. The van der Waals surface area contributed by atoms with Crippen molar-refractivity contribution in [1.82, 2.24) is 4.90 Å². The fraction of sp³-hybridized carbons (Fsp3) is 0.478. The summed E-state index contributed by atoms with van der Waals surface area (Å²) < 4.78 is 36.1. The second-order valence-corrected chi connectivity index (χ2v) is 11.2. The first-order valence-electron chi connectivity index (χ1n) is 10.6. The third-order valence-corrected chi connectivity index (χ3v) is 9.55. The molecule has 2 aromatic carbocycles. The molecule has 0 radical (unpaired) electrons. The monoisotopic (exact) mass is 497 g/mol. The third kappa shape index (κ3) is 6.00. The first-order chi connectivity index (χ1) is 15.8. The minimum atomic E-state index is -1.52. The van der Waals surface area contributed by atoms with Crippen molar-refractivity contribution in [2.24, 2.45) is 0 Å². The van der Waals surface area contributed by atoms with E-state index in [0.29, 0.717) is 29.2 Å². The Morgan fingerprint density at radius 3 is 1.67 bits per heavy atom. The minimum Gasteiger partial charge on any atom is -0.492 e. The van der Waals surface area contributed by atoms with Gasteiger partial charge in [-0.2, -0.15) is 0 Å². The molecule has 0 saturated carbocycles. The van der Waals surface area contributed by atoms with Crippen LogP contribution in [0.1, 0.15) is 11.1 Å². The van der Waals surface area contributed by atoms with Crippen molar-refractivity contribution >= 4 is 21.6 Å². The van der Waals surface area contributed by atoms with Gasteiger partial charge < -0.3 is 24.8 Å². The molecule has 4 unspecified atom stereocenters. The Labute approximate surface area is 199 Å². The van der Waals surface area contributed by atoms with E-state index in [1.807, 2.05) is 0 Å². The zero-order valence-electron chi connectivity index (χ0n) is 18.8. The van der Waals surface area contributed by atoms with Crippen molar-refractivity contribution in [3.63, 3.8) is 0 Å². The van der Waals surface area contributed by atoms with E-state index in [1.165, 1.54) is 12.5 Å². The number of benzene rings is 2. The second-order valence-electron chi connectivity index (χ2n) is 7.90. The topological polar surface area (TPSA) is 116 Å². The average molecular weight is 498 g/mol. The lowest BCUT2D eigenvalue weighted by atomic mass is 10.0. The van der Waals surface area contributed by atoms with Gasteiger partial charge in [0.1, 0.15) is 30.8 Å². The van der Waals surface area contributed by atoms with Crippen LogP contribution in [0, 0.1) is 0 Å². The summed E-state index contributed by atoms with van der Waals surface area (Å²) in [4.78, 5) is 2.12. The second kappa shape index (κ2) is 11.5. The smallest absolute Gasteiger partial charge is 0.170 e. The molecular formula is C23H31NO7S2. The number of rotatable bonds is 13. The molecule has 182 valence electrons. The number of aliphatic hydroxyl groups excluding tert-OH is 3. The van der Waals surface area contributed by atoms with Crippen molar-refractivity contribution < 1.29 is 33.2 Å². The molecule has 10 heteroatoms. The summed E-state index contributed by atoms with van der Waals surface area (Å²) in [6, 6.07) is 13.8. The van der Waals surface area contributed by atoms with Crippen molar-refractivity contribution in [3.8, 4) is 11.5 Å². The fourth-order valence-electron chi connectivity index (χ4n) is 3.67. The number of ether oxygens (including phenoxy) is 2. The van der Waals surface area contributed by atoms with E-state index in [-0.39, 0.29) is 19.3 Å². The maximum absolute atomic E-state index is 13.0. The highest BCUT2D eigenvalue weighted by atomic mass is 32.2. The zero-order chi connectivity index (χ0) is 24.0. The predicted octanol–water partition coefficient (Wildman–Crippen LogP) is 0.432. The largest absolute Gasteiger partial charge is 0.492 e. The Morgan fingerprint density at radius 2 is 1.30 bits per heavy atom. The summed E-state index contributed by atoms with van der Waals surface area (Å²) in [6.07, 6.45) is 2.08. The Morgan fingerprint density at radius 1 is 0.848 bits per heavy atom. The molecule has 0 aliphatic carbocycles. The van der Waals surface area contributed by atoms with Crippen LogP contribution in [-0.4, -0.2) is 92.8 Å². The van der Waals surface area contributed by atoms with Gasteiger partial charge in [0.25, 0.3) is 0 Å². The molecule has 0 amide bonds. The summed E-state index contributed by atoms with van der Waals surface area (Å²) in [5.74, 6) is 1.08. The Bertz CT molecular complexity index is 934. The van der Waals surface area contributed by atoms with Crippen molar-refractivity contribution in [2.45, 2.75) is 16.2 Å². The predicted molar refractivity (Wildman–Crippen MR) is 128 cm³/mol. The van der Waals surface area contributed by atoms with Crippen molar-refractivity contribution in [3.05, 3.63) is 59.7 Å². The van der Waals surface area contributed by atoms with Gasteiger partial charge in [0.05, 0.1) is 19.3 Å². The molecule has 0 aromatic heterocycles. The van der Waals surface area contributed by atoms with Crippen LogP contribution in [0.5, 0.6) is 11.5 Å². The summed E-state index contributed by atoms with van der Waals surface area (Å²) in [5.41, 5.74) is 1.24. The van der Waals surface area contributed by atoms with Crippen LogP contribution >= 0.6 is 0 Å². The molecular weight excluding hydrogens is 466 g/mol. The van der Waals surface area contributed by atoms with Gasteiger partial charge in [-0.05, 0) is 35.4 Å². The molecule has 1 heterocycles. The molecule has 8 nitrogen and oxygen atoms in total. The molecule has 0 bridgehead atoms. The van der Waals surface area contributed by atoms with Crippen LogP contribution in [0.4, 0.5) is 0 Å². The summed E-state index contributed by atoms with van der Waals surface area (Å²) >= 11 is 0. The highest BCUT2D eigenvalue weighted by molar-refractivity contribution is 8.03.